The summed E-state index contributed by atoms with van der Waals surface area (Å²) in [5.41, 5.74) is 0.853. The van der Waals surface area contributed by atoms with Crippen LogP contribution in [0.5, 0.6) is 11.5 Å². The summed E-state index contributed by atoms with van der Waals surface area (Å²) in [6.45, 7) is 0.419. The van der Waals surface area contributed by atoms with E-state index in [1.807, 2.05) is 48.5 Å². The Kier molecular flexibility index (Phi) is 4.21. The van der Waals surface area contributed by atoms with E-state index in [0.717, 1.165) is 10.2 Å². The number of nitrogens with zero attached hydrogens (tertiary/aromatic N) is 2. The molecule has 1 atom stereocenters. The average Bonchev–Trinajstić information content (AvgIpc) is 3.40. The fourth-order valence-electron chi connectivity index (χ4n) is 3.09. The number of thiazole rings is 1. The van der Waals surface area contributed by atoms with Crippen LogP contribution in [-0.2, 0) is 11.3 Å². The number of benzene rings is 2. The van der Waals surface area contributed by atoms with Crippen molar-refractivity contribution in [2.45, 2.75) is 12.6 Å². The fourth-order valence-corrected chi connectivity index (χ4v) is 4.06. The number of hydrogen-bond donors (Lipinski definition) is 0. The molecule has 0 bridgehead atoms. The van der Waals surface area contributed by atoms with Crippen molar-refractivity contribution in [2.24, 2.45) is 0 Å². The number of anilines is 1. The standard InChI is InChI=1S/C21H16N2O4S/c24-20(18-13-26-16-8-2-3-9-17(16)27-18)23(12-14-6-5-11-25-14)21-22-15-7-1-4-10-19(15)28-21/h1-11,18H,12-13H2/t18-/m1/s1. The largest absolute Gasteiger partial charge is 0.485 e. The Labute approximate surface area is 164 Å². The number of carbonyl (C=O) groups is 1. The molecule has 4 aromatic rings. The Balaban J connectivity index is 1.48. The van der Waals surface area contributed by atoms with E-state index in [4.69, 9.17) is 13.9 Å². The third kappa shape index (κ3) is 3.10. The van der Waals surface area contributed by atoms with Gasteiger partial charge in [-0.3, -0.25) is 9.69 Å². The van der Waals surface area contributed by atoms with Gasteiger partial charge in [-0.25, -0.2) is 4.98 Å². The van der Waals surface area contributed by atoms with Gasteiger partial charge < -0.3 is 13.9 Å². The Hall–Kier alpha value is -3.32. The third-order valence-corrected chi connectivity index (χ3v) is 5.52. The molecule has 0 radical (unpaired) electrons. The molecular formula is C21H16N2O4S. The van der Waals surface area contributed by atoms with Crippen LogP contribution in [0.2, 0.25) is 0 Å². The molecule has 3 heterocycles. The van der Waals surface area contributed by atoms with Gasteiger partial charge in [-0.05, 0) is 36.4 Å². The van der Waals surface area contributed by atoms with Gasteiger partial charge in [0.1, 0.15) is 12.4 Å². The van der Waals surface area contributed by atoms with Gasteiger partial charge in [0.25, 0.3) is 5.91 Å². The Morgan fingerprint density at radius 2 is 1.89 bits per heavy atom. The second-order valence-electron chi connectivity index (χ2n) is 6.33. The number of para-hydroxylation sites is 3. The van der Waals surface area contributed by atoms with E-state index in [1.54, 1.807) is 23.3 Å². The van der Waals surface area contributed by atoms with Crippen molar-refractivity contribution < 1.29 is 18.7 Å². The van der Waals surface area contributed by atoms with Crippen LogP contribution in [0.1, 0.15) is 5.76 Å². The molecule has 6 nitrogen and oxygen atoms in total. The minimum Gasteiger partial charge on any atom is -0.485 e. The normalized spacial score (nSPS) is 15.5. The zero-order valence-corrected chi connectivity index (χ0v) is 15.6. The van der Waals surface area contributed by atoms with Crippen molar-refractivity contribution in [3.05, 3.63) is 72.7 Å². The van der Waals surface area contributed by atoms with Gasteiger partial charge >= 0.3 is 0 Å². The van der Waals surface area contributed by atoms with E-state index >= 15 is 0 Å². The summed E-state index contributed by atoms with van der Waals surface area (Å²) in [6.07, 6.45) is 0.837. The van der Waals surface area contributed by atoms with Crippen molar-refractivity contribution in [1.82, 2.24) is 4.98 Å². The molecule has 0 unspecified atom stereocenters. The second-order valence-corrected chi connectivity index (χ2v) is 7.34. The number of ether oxygens (including phenoxy) is 2. The highest BCUT2D eigenvalue weighted by Gasteiger charge is 2.33. The Bertz CT molecular complexity index is 1090. The molecule has 0 aliphatic carbocycles. The Morgan fingerprint density at radius 1 is 1.07 bits per heavy atom. The molecule has 5 rings (SSSR count). The molecule has 0 saturated heterocycles. The number of carbonyl (C=O) groups excluding carboxylic acids is 1. The number of furan rings is 1. The molecule has 7 heteroatoms. The number of rotatable bonds is 4. The van der Waals surface area contributed by atoms with Crippen molar-refractivity contribution in [3.63, 3.8) is 0 Å². The van der Waals surface area contributed by atoms with Crippen LogP contribution in [0, 0.1) is 0 Å². The first-order valence-electron chi connectivity index (χ1n) is 8.86. The number of amides is 1. The lowest BCUT2D eigenvalue weighted by atomic mass is 10.2. The smallest absolute Gasteiger partial charge is 0.273 e. The van der Waals surface area contributed by atoms with E-state index in [2.05, 4.69) is 4.98 Å². The zero-order chi connectivity index (χ0) is 18.9. The lowest BCUT2D eigenvalue weighted by molar-refractivity contribution is -0.127. The summed E-state index contributed by atoms with van der Waals surface area (Å²) in [5.74, 6) is 1.66. The predicted octanol–water partition coefficient (Wildman–Crippen LogP) is 4.26. The molecule has 1 aliphatic rings. The van der Waals surface area contributed by atoms with Gasteiger partial charge in [0.15, 0.2) is 16.6 Å². The summed E-state index contributed by atoms with van der Waals surface area (Å²) in [6, 6.07) is 18.8. The summed E-state index contributed by atoms with van der Waals surface area (Å²) >= 11 is 1.46. The van der Waals surface area contributed by atoms with Crippen LogP contribution in [0.4, 0.5) is 5.13 Å². The molecule has 0 fully saturated rings. The van der Waals surface area contributed by atoms with Crippen molar-refractivity contribution in [3.8, 4) is 11.5 Å². The highest BCUT2D eigenvalue weighted by Crippen LogP contribution is 2.34. The molecule has 140 valence electrons. The Morgan fingerprint density at radius 3 is 2.71 bits per heavy atom. The number of hydrogen-bond acceptors (Lipinski definition) is 6. The average molecular weight is 392 g/mol. The SMILES string of the molecule is O=C([C@H]1COc2ccccc2O1)N(Cc1ccco1)c1nc2ccccc2s1. The van der Waals surface area contributed by atoms with Crippen LogP contribution in [0.25, 0.3) is 10.2 Å². The first kappa shape index (κ1) is 16.8. The molecular weight excluding hydrogens is 376 g/mol. The second kappa shape index (κ2) is 7.01. The van der Waals surface area contributed by atoms with E-state index < -0.39 is 6.10 Å². The molecule has 2 aromatic heterocycles. The van der Waals surface area contributed by atoms with Gasteiger partial charge in [-0.1, -0.05) is 35.6 Å². The third-order valence-electron chi connectivity index (χ3n) is 4.46. The van der Waals surface area contributed by atoms with Crippen LogP contribution in [0.3, 0.4) is 0 Å². The minimum absolute atomic E-state index is 0.148. The van der Waals surface area contributed by atoms with Crippen LogP contribution < -0.4 is 14.4 Å². The highest BCUT2D eigenvalue weighted by atomic mass is 32.1. The number of fused-ring (bicyclic) bond motifs is 2. The minimum atomic E-state index is -0.753. The van der Waals surface area contributed by atoms with E-state index in [0.29, 0.717) is 22.4 Å². The van der Waals surface area contributed by atoms with Gasteiger partial charge in [-0.2, -0.15) is 0 Å². The van der Waals surface area contributed by atoms with Crippen LogP contribution in [-0.4, -0.2) is 23.6 Å². The lowest BCUT2D eigenvalue weighted by Crippen LogP contribution is -2.46. The zero-order valence-electron chi connectivity index (χ0n) is 14.8. The van der Waals surface area contributed by atoms with Crippen molar-refractivity contribution >= 4 is 32.6 Å². The van der Waals surface area contributed by atoms with Crippen molar-refractivity contribution in [2.75, 3.05) is 11.5 Å². The van der Waals surface area contributed by atoms with Crippen LogP contribution >= 0.6 is 11.3 Å². The quantitative estimate of drug-likeness (QED) is 0.519. The maximum absolute atomic E-state index is 13.4. The summed E-state index contributed by atoms with van der Waals surface area (Å²) in [5, 5.41) is 0.602. The van der Waals surface area contributed by atoms with Gasteiger partial charge in [0.05, 0.1) is 23.0 Å². The molecule has 1 amide bonds. The van der Waals surface area contributed by atoms with Gasteiger partial charge in [0, 0.05) is 0 Å². The summed E-state index contributed by atoms with van der Waals surface area (Å²) < 4.78 is 18.1. The predicted molar refractivity (Wildman–Crippen MR) is 106 cm³/mol. The summed E-state index contributed by atoms with van der Waals surface area (Å²) in [7, 11) is 0. The van der Waals surface area contributed by atoms with E-state index in [-0.39, 0.29) is 19.1 Å². The fraction of sp³-hybridized carbons (Fsp3) is 0.143. The van der Waals surface area contributed by atoms with Gasteiger partial charge in [-0.15, -0.1) is 0 Å². The highest BCUT2D eigenvalue weighted by molar-refractivity contribution is 7.22. The monoisotopic (exact) mass is 392 g/mol. The molecule has 0 spiro atoms. The molecule has 0 N–H and O–H groups in total. The molecule has 0 saturated carbocycles. The van der Waals surface area contributed by atoms with E-state index in [1.165, 1.54) is 11.3 Å². The topological polar surface area (TPSA) is 64.8 Å². The number of aromatic nitrogens is 1. The summed E-state index contributed by atoms with van der Waals surface area (Å²) in [4.78, 5) is 19.6. The van der Waals surface area contributed by atoms with E-state index in [9.17, 15) is 4.79 Å². The molecule has 1 aliphatic heterocycles. The van der Waals surface area contributed by atoms with Crippen LogP contribution in [0.15, 0.2) is 71.3 Å². The maximum Gasteiger partial charge on any atom is 0.273 e. The lowest BCUT2D eigenvalue weighted by Gasteiger charge is -2.29. The van der Waals surface area contributed by atoms with Crippen molar-refractivity contribution in [1.29, 1.82) is 0 Å². The maximum atomic E-state index is 13.4. The first-order chi connectivity index (χ1) is 13.8. The first-order valence-corrected chi connectivity index (χ1v) is 9.67. The van der Waals surface area contributed by atoms with Gasteiger partial charge in [0.2, 0.25) is 6.10 Å². The molecule has 28 heavy (non-hydrogen) atoms. The molecule has 2 aromatic carbocycles.